The van der Waals surface area contributed by atoms with Gasteiger partial charge in [-0.3, -0.25) is 0 Å². The molecule has 2 aromatic rings. The van der Waals surface area contributed by atoms with Crippen LogP contribution in [0.5, 0.6) is 5.75 Å². The van der Waals surface area contributed by atoms with E-state index in [4.69, 9.17) is 15.5 Å². The van der Waals surface area contributed by atoms with Crippen LogP contribution in [0, 0.1) is 0 Å². The van der Waals surface area contributed by atoms with E-state index in [0.717, 1.165) is 42.5 Å². The fraction of sp³-hybridized carbons (Fsp3) is 0.458. The number of hydrogen-bond acceptors (Lipinski definition) is 5. The predicted octanol–water partition coefficient (Wildman–Crippen LogP) is 3.47. The lowest BCUT2D eigenvalue weighted by atomic mass is 10.0. The molecule has 0 spiro atoms. The first-order chi connectivity index (χ1) is 15.4. The van der Waals surface area contributed by atoms with Crippen molar-refractivity contribution in [1.82, 2.24) is 10.2 Å². The Morgan fingerprint density at radius 2 is 1.88 bits per heavy atom. The van der Waals surface area contributed by atoms with Crippen LogP contribution in [0.2, 0.25) is 0 Å². The van der Waals surface area contributed by atoms with Crippen molar-refractivity contribution >= 4 is 21.5 Å². The third-order valence-corrected chi connectivity index (χ3v) is 6.70. The number of nitrogens with two attached hydrogens (primary N) is 1. The summed E-state index contributed by atoms with van der Waals surface area (Å²) >= 11 is 0. The standard InChI is InChI=1S/C24H34N4O3S/c1-19-6-3-4-17-28(19)24(26-16-5-15-25)27-21-9-11-22(12-10-21)31-18-20-7-13-23(14-8-20)32(2,29)30/h7-14,19H,3-6,15-18,25H2,1-2H3,(H,26,27). The number of likely N-dealkylation sites (tertiary alicyclic amines) is 1. The highest BCUT2D eigenvalue weighted by molar-refractivity contribution is 7.90. The van der Waals surface area contributed by atoms with Gasteiger partial charge in [-0.2, -0.15) is 0 Å². The minimum Gasteiger partial charge on any atom is -0.489 e. The fourth-order valence-electron chi connectivity index (χ4n) is 3.66. The molecule has 0 amide bonds. The monoisotopic (exact) mass is 458 g/mol. The minimum atomic E-state index is -3.19. The van der Waals surface area contributed by atoms with Gasteiger partial charge >= 0.3 is 0 Å². The summed E-state index contributed by atoms with van der Waals surface area (Å²) in [6, 6.07) is 14.9. The van der Waals surface area contributed by atoms with E-state index >= 15 is 0 Å². The second-order valence-electron chi connectivity index (χ2n) is 8.24. The zero-order valence-corrected chi connectivity index (χ0v) is 19.8. The number of piperidine rings is 1. The van der Waals surface area contributed by atoms with E-state index in [1.165, 1.54) is 25.5 Å². The molecular weight excluding hydrogens is 424 g/mol. The highest BCUT2D eigenvalue weighted by Crippen LogP contribution is 2.22. The van der Waals surface area contributed by atoms with E-state index in [1.54, 1.807) is 24.3 Å². The third-order valence-electron chi connectivity index (χ3n) is 5.57. The van der Waals surface area contributed by atoms with Gasteiger partial charge in [-0.25, -0.2) is 13.4 Å². The maximum atomic E-state index is 11.6. The van der Waals surface area contributed by atoms with Crippen molar-refractivity contribution in [1.29, 1.82) is 0 Å². The Morgan fingerprint density at radius 3 is 2.50 bits per heavy atom. The van der Waals surface area contributed by atoms with E-state index < -0.39 is 9.84 Å². The number of hydrogen-bond donors (Lipinski definition) is 2. The lowest BCUT2D eigenvalue weighted by Gasteiger charge is -2.36. The van der Waals surface area contributed by atoms with Crippen molar-refractivity contribution < 1.29 is 13.2 Å². The number of nitrogens with zero attached hydrogens (tertiary/aromatic N) is 2. The molecule has 0 saturated carbocycles. The number of nitrogens with one attached hydrogen (secondary N) is 1. The second-order valence-corrected chi connectivity index (χ2v) is 10.3. The van der Waals surface area contributed by atoms with Crippen LogP contribution in [0.25, 0.3) is 0 Å². The Morgan fingerprint density at radius 1 is 1.16 bits per heavy atom. The molecule has 1 fully saturated rings. The predicted molar refractivity (Wildman–Crippen MR) is 129 cm³/mol. The Balaban J connectivity index is 1.64. The Hall–Kier alpha value is -2.58. The van der Waals surface area contributed by atoms with Crippen molar-refractivity contribution in [3.63, 3.8) is 0 Å². The molecule has 8 heteroatoms. The quantitative estimate of drug-likeness (QED) is 0.357. The molecule has 1 heterocycles. The van der Waals surface area contributed by atoms with Crippen LogP contribution in [0.4, 0.5) is 5.69 Å². The first-order valence-corrected chi connectivity index (χ1v) is 13.1. The number of aliphatic imine (C=N–C) groups is 1. The zero-order chi connectivity index (χ0) is 23.0. The summed E-state index contributed by atoms with van der Waals surface area (Å²) in [5, 5.41) is 3.47. The SMILES string of the molecule is CC1CCCCN1/C(=N\c1ccc(OCc2ccc(S(C)(=O)=O)cc2)cc1)NCCCN. The molecule has 1 saturated heterocycles. The highest BCUT2D eigenvalue weighted by atomic mass is 32.2. The van der Waals surface area contributed by atoms with Crippen molar-refractivity contribution in [3.8, 4) is 5.75 Å². The van der Waals surface area contributed by atoms with Gasteiger partial charge in [-0.1, -0.05) is 12.1 Å². The molecule has 174 valence electrons. The average molecular weight is 459 g/mol. The molecule has 0 radical (unpaired) electrons. The van der Waals surface area contributed by atoms with Gasteiger partial charge in [-0.05, 0) is 81.1 Å². The Bertz CT molecular complexity index is 989. The number of rotatable bonds is 8. The molecule has 0 aliphatic carbocycles. The van der Waals surface area contributed by atoms with Crippen molar-refractivity contribution in [3.05, 3.63) is 54.1 Å². The van der Waals surface area contributed by atoms with Crippen LogP contribution < -0.4 is 15.8 Å². The smallest absolute Gasteiger partial charge is 0.199 e. The van der Waals surface area contributed by atoms with Crippen LogP contribution in [-0.4, -0.2) is 51.2 Å². The summed E-state index contributed by atoms with van der Waals surface area (Å²) in [4.78, 5) is 7.53. The summed E-state index contributed by atoms with van der Waals surface area (Å²) in [5.74, 6) is 1.64. The average Bonchev–Trinajstić information content (AvgIpc) is 2.78. The molecule has 1 unspecified atom stereocenters. The second kappa shape index (κ2) is 11.3. The zero-order valence-electron chi connectivity index (χ0n) is 19.0. The van der Waals surface area contributed by atoms with E-state index in [9.17, 15) is 8.42 Å². The molecular formula is C24H34N4O3S. The van der Waals surface area contributed by atoms with Crippen LogP contribution in [0.1, 0.15) is 38.2 Å². The Kier molecular flexibility index (Phi) is 8.53. The number of benzene rings is 2. The van der Waals surface area contributed by atoms with Crippen LogP contribution >= 0.6 is 0 Å². The summed E-state index contributed by atoms with van der Waals surface area (Å²) in [5.41, 5.74) is 7.42. The summed E-state index contributed by atoms with van der Waals surface area (Å²) in [7, 11) is -3.19. The third kappa shape index (κ3) is 6.97. The van der Waals surface area contributed by atoms with E-state index in [1.807, 2.05) is 24.3 Å². The Labute approximate surface area is 191 Å². The van der Waals surface area contributed by atoms with Gasteiger partial charge in [0.2, 0.25) is 0 Å². The molecule has 1 atom stereocenters. The van der Waals surface area contributed by atoms with E-state index in [0.29, 0.717) is 24.1 Å². The molecule has 0 aromatic heterocycles. The summed E-state index contributed by atoms with van der Waals surface area (Å²) < 4.78 is 29.0. The first kappa shape index (κ1) is 24.1. The van der Waals surface area contributed by atoms with Crippen molar-refractivity contribution in [2.24, 2.45) is 10.7 Å². The van der Waals surface area contributed by atoms with Crippen molar-refractivity contribution in [2.45, 2.75) is 50.2 Å². The molecule has 2 aromatic carbocycles. The van der Waals surface area contributed by atoms with Gasteiger partial charge in [0, 0.05) is 25.4 Å². The first-order valence-electron chi connectivity index (χ1n) is 11.2. The van der Waals surface area contributed by atoms with Gasteiger partial charge in [0.1, 0.15) is 12.4 Å². The number of ether oxygens (including phenoxy) is 1. The van der Waals surface area contributed by atoms with Crippen molar-refractivity contribution in [2.75, 3.05) is 25.9 Å². The number of sulfone groups is 1. The minimum absolute atomic E-state index is 0.308. The van der Waals surface area contributed by atoms with Crippen LogP contribution in [0.3, 0.4) is 0 Å². The lowest BCUT2D eigenvalue weighted by molar-refractivity contribution is 0.251. The summed E-state index contributed by atoms with van der Waals surface area (Å²) in [6.45, 7) is 5.08. The molecule has 0 bridgehead atoms. The molecule has 1 aliphatic heterocycles. The van der Waals surface area contributed by atoms with E-state index in [2.05, 4.69) is 17.1 Å². The maximum absolute atomic E-state index is 11.6. The van der Waals surface area contributed by atoms with Gasteiger partial charge in [0.15, 0.2) is 15.8 Å². The molecule has 32 heavy (non-hydrogen) atoms. The number of guanidine groups is 1. The fourth-order valence-corrected chi connectivity index (χ4v) is 4.29. The lowest BCUT2D eigenvalue weighted by Crippen LogP contribution is -2.48. The molecule has 1 aliphatic rings. The molecule has 3 rings (SSSR count). The molecule has 3 N–H and O–H groups in total. The summed E-state index contributed by atoms with van der Waals surface area (Å²) in [6.07, 6.45) is 5.72. The van der Waals surface area contributed by atoms with Gasteiger partial charge < -0.3 is 20.7 Å². The van der Waals surface area contributed by atoms with E-state index in [-0.39, 0.29) is 0 Å². The maximum Gasteiger partial charge on any atom is 0.199 e. The largest absolute Gasteiger partial charge is 0.489 e. The van der Waals surface area contributed by atoms with Gasteiger partial charge in [-0.15, -0.1) is 0 Å². The van der Waals surface area contributed by atoms with Gasteiger partial charge in [0.25, 0.3) is 0 Å². The van der Waals surface area contributed by atoms with Crippen LogP contribution in [-0.2, 0) is 16.4 Å². The van der Waals surface area contributed by atoms with Crippen LogP contribution in [0.15, 0.2) is 58.4 Å². The van der Waals surface area contributed by atoms with Gasteiger partial charge in [0.05, 0.1) is 10.6 Å². The normalized spacial score (nSPS) is 17.3. The topological polar surface area (TPSA) is 97.0 Å². The molecule has 7 nitrogen and oxygen atoms in total. The highest BCUT2D eigenvalue weighted by Gasteiger charge is 2.21.